The number of phenols is 1. The van der Waals surface area contributed by atoms with Crippen LogP contribution < -0.4 is 4.74 Å². The smallest absolute Gasteiger partial charge is 0.341 e. The van der Waals surface area contributed by atoms with Crippen molar-refractivity contribution < 1.29 is 19.4 Å². The molecule has 15 heavy (non-hydrogen) atoms. The molecule has 0 radical (unpaired) electrons. The molecule has 0 aliphatic carbocycles. The molecular weight excluding hydrogens is 196 g/mol. The summed E-state index contributed by atoms with van der Waals surface area (Å²) in [4.78, 5) is 11.3. The number of aromatic hydroxyl groups is 1. The van der Waals surface area contributed by atoms with Crippen LogP contribution in [0.25, 0.3) is 0 Å². The summed E-state index contributed by atoms with van der Waals surface area (Å²) in [5, 5.41) is 9.21. The van der Waals surface area contributed by atoms with Crippen molar-refractivity contribution >= 4 is 5.97 Å². The highest BCUT2D eigenvalue weighted by molar-refractivity contribution is 5.92. The van der Waals surface area contributed by atoms with Crippen LogP contribution in [-0.4, -0.2) is 24.8 Å². The van der Waals surface area contributed by atoms with Gasteiger partial charge < -0.3 is 14.6 Å². The zero-order valence-corrected chi connectivity index (χ0v) is 8.19. The summed E-state index contributed by atoms with van der Waals surface area (Å²) in [5.74, 6) is 1.93. The van der Waals surface area contributed by atoms with Crippen molar-refractivity contribution in [1.29, 1.82) is 0 Å². The number of benzene rings is 1. The fourth-order valence-electron chi connectivity index (χ4n) is 1.03. The van der Waals surface area contributed by atoms with Crippen molar-refractivity contribution in [2.24, 2.45) is 0 Å². The molecule has 0 aliphatic heterocycles. The molecule has 0 fully saturated rings. The maximum atomic E-state index is 11.3. The minimum absolute atomic E-state index is 0.00493. The highest BCUT2D eigenvalue weighted by Crippen LogP contribution is 2.24. The van der Waals surface area contributed by atoms with Crippen molar-refractivity contribution in [3.05, 3.63) is 23.8 Å². The van der Waals surface area contributed by atoms with E-state index in [9.17, 15) is 9.90 Å². The molecule has 0 unspecified atom stereocenters. The fourth-order valence-corrected chi connectivity index (χ4v) is 1.03. The Morgan fingerprint density at radius 1 is 1.60 bits per heavy atom. The Morgan fingerprint density at radius 2 is 2.33 bits per heavy atom. The lowest BCUT2D eigenvalue weighted by atomic mass is 10.2. The average Bonchev–Trinajstić information content (AvgIpc) is 2.25. The Kier molecular flexibility index (Phi) is 3.58. The van der Waals surface area contributed by atoms with Gasteiger partial charge in [0.05, 0.1) is 7.11 Å². The van der Waals surface area contributed by atoms with E-state index in [2.05, 4.69) is 10.7 Å². The predicted molar refractivity (Wildman–Crippen MR) is 53.8 cm³/mol. The molecule has 0 bridgehead atoms. The third kappa shape index (κ3) is 2.64. The van der Waals surface area contributed by atoms with Gasteiger partial charge in [-0.05, 0) is 12.1 Å². The minimum atomic E-state index is -0.540. The zero-order chi connectivity index (χ0) is 11.3. The first kappa shape index (κ1) is 10.9. The molecule has 0 saturated heterocycles. The fraction of sp³-hybridized carbons (Fsp3) is 0.182. The highest BCUT2D eigenvalue weighted by Gasteiger charge is 2.13. The summed E-state index contributed by atoms with van der Waals surface area (Å²) in [6.07, 6.45) is 5.02. The topological polar surface area (TPSA) is 55.8 Å². The van der Waals surface area contributed by atoms with Gasteiger partial charge in [0.15, 0.2) is 0 Å². The minimum Gasteiger partial charge on any atom is -0.508 e. The van der Waals surface area contributed by atoms with E-state index in [1.807, 2.05) is 0 Å². The Hall–Kier alpha value is -2.15. The molecule has 0 saturated carbocycles. The largest absolute Gasteiger partial charge is 0.508 e. The van der Waals surface area contributed by atoms with E-state index >= 15 is 0 Å². The molecule has 4 heteroatoms. The van der Waals surface area contributed by atoms with Crippen LogP contribution in [-0.2, 0) is 4.74 Å². The Morgan fingerprint density at radius 3 is 2.93 bits per heavy atom. The van der Waals surface area contributed by atoms with Crippen LogP contribution >= 0.6 is 0 Å². The summed E-state index contributed by atoms with van der Waals surface area (Å²) in [7, 11) is 1.26. The van der Waals surface area contributed by atoms with Gasteiger partial charge in [0, 0.05) is 6.07 Å². The molecule has 4 nitrogen and oxygen atoms in total. The number of carbonyl (C=O) groups is 1. The number of esters is 1. The lowest BCUT2D eigenvalue weighted by molar-refractivity contribution is 0.0596. The summed E-state index contributed by atoms with van der Waals surface area (Å²) in [6.45, 7) is 0.0213. The Balaban J connectivity index is 3.04. The SMILES string of the molecule is C#CCOc1cc(O)ccc1C(=O)OC. The molecule has 1 N–H and O–H groups in total. The van der Waals surface area contributed by atoms with Gasteiger partial charge >= 0.3 is 5.97 Å². The number of ether oxygens (including phenoxy) is 2. The molecule has 0 aliphatic rings. The van der Waals surface area contributed by atoms with Gasteiger partial charge in [-0.25, -0.2) is 4.79 Å². The second-order valence-corrected chi connectivity index (χ2v) is 2.66. The van der Waals surface area contributed by atoms with Gasteiger partial charge in [0.25, 0.3) is 0 Å². The number of hydrogen-bond acceptors (Lipinski definition) is 4. The summed E-state index contributed by atoms with van der Waals surface area (Å²) in [6, 6.07) is 4.09. The van der Waals surface area contributed by atoms with Gasteiger partial charge in [-0.2, -0.15) is 0 Å². The number of terminal acetylenes is 1. The molecule has 1 rings (SSSR count). The normalized spacial score (nSPS) is 9.07. The quantitative estimate of drug-likeness (QED) is 0.596. The van der Waals surface area contributed by atoms with E-state index in [0.29, 0.717) is 0 Å². The standard InChI is InChI=1S/C11H10O4/c1-3-6-15-10-7-8(12)4-5-9(10)11(13)14-2/h1,4-5,7,12H,6H2,2H3. The summed E-state index contributed by atoms with van der Waals surface area (Å²) in [5.41, 5.74) is 0.227. The molecule has 1 aromatic rings. The Bertz CT molecular complexity index is 404. The first-order valence-corrected chi connectivity index (χ1v) is 4.16. The van der Waals surface area contributed by atoms with Crippen LogP contribution in [0.15, 0.2) is 18.2 Å². The maximum absolute atomic E-state index is 11.3. The second-order valence-electron chi connectivity index (χ2n) is 2.66. The monoisotopic (exact) mass is 206 g/mol. The van der Waals surface area contributed by atoms with Crippen LogP contribution in [0.4, 0.5) is 0 Å². The molecule has 0 amide bonds. The molecule has 0 atom stereocenters. The van der Waals surface area contributed by atoms with Crippen LogP contribution in [0.2, 0.25) is 0 Å². The first-order valence-electron chi connectivity index (χ1n) is 4.16. The Labute approximate surface area is 87.4 Å². The third-order valence-corrected chi connectivity index (χ3v) is 1.68. The van der Waals surface area contributed by atoms with E-state index < -0.39 is 5.97 Å². The van der Waals surface area contributed by atoms with Crippen molar-refractivity contribution in [2.45, 2.75) is 0 Å². The molecule has 0 spiro atoms. The molecular formula is C11H10O4. The van der Waals surface area contributed by atoms with E-state index in [4.69, 9.17) is 11.2 Å². The van der Waals surface area contributed by atoms with E-state index in [0.717, 1.165) is 0 Å². The summed E-state index contributed by atoms with van der Waals surface area (Å²) < 4.78 is 9.64. The lowest BCUT2D eigenvalue weighted by Gasteiger charge is -2.08. The maximum Gasteiger partial charge on any atom is 0.341 e. The van der Waals surface area contributed by atoms with Crippen LogP contribution in [0.1, 0.15) is 10.4 Å². The third-order valence-electron chi connectivity index (χ3n) is 1.68. The molecule has 0 aromatic heterocycles. The van der Waals surface area contributed by atoms with E-state index in [1.165, 1.54) is 25.3 Å². The van der Waals surface area contributed by atoms with E-state index in [-0.39, 0.29) is 23.7 Å². The highest BCUT2D eigenvalue weighted by atomic mass is 16.5. The van der Waals surface area contributed by atoms with Crippen LogP contribution in [0.5, 0.6) is 11.5 Å². The first-order chi connectivity index (χ1) is 7.19. The predicted octanol–water partition coefficient (Wildman–Crippen LogP) is 1.19. The number of methoxy groups -OCH3 is 1. The van der Waals surface area contributed by atoms with E-state index in [1.54, 1.807) is 0 Å². The summed E-state index contributed by atoms with van der Waals surface area (Å²) >= 11 is 0. The number of rotatable bonds is 3. The van der Waals surface area contributed by atoms with Gasteiger partial charge in [0.1, 0.15) is 23.7 Å². The zero-order valence-electron chi connectivity index (χ0n) is 8.19. The van der Waals surface area contributed by atoms with Gasteiger partial charge in [0.2, 0.25) is 0 Å². The molecule has 0 heterocycles. The average molecular weight is 206 g/mol. The molecule has 1 aromatic carbocycles. The van der Waals surface area contributed by atoms with Gasteiger partial charge in [-0.1, -0.05) is 5.92 Å². The number of phenolic OH excluding ortho intramolecular Hbond substituents is 1. The number of hydrogen-bond donors (Lipinski definition) is 1. The van der Waals surface area contributed by atoms with Crippen LogP contribution in [0, 0.1) is 12.3 Å². The van der Waals surface area contributed by atoms with Crippen molar-refractivity contribution in [2.75, 3.05) is 13.7 Å². The second kappa shape index (κ2) is 4.91. The number of carbonyl (C=O) groups excluding carboxylic acids is 1. The van der Waals surface area contributed by atoms with Crippen molar-refractivity contribution in [3.8, 4) is 23.8 Å². The van der Waals surface area contributed by atoms with Crippen molar-refractivity contribution in [1.82, 2.24) is 0 Å². The van der Waals surface area contributed by atoms with Crippen molar-refractivity contribution in [3.63, 3.8) is 0 Å². The lowest BCUT2D eigenvalue weighted by Crippen LogP contribution is -2.05. The van der Waals surface area contributed by atoms with Gasteiger partial charge in [-0.3, -0.25) is 0 Å². The molecule has 78 valence electrons. The van der Waals surface area contributed by atoms with Crippen LogP contribution in [0.3, 0.4) is 0 Å². The van der Waals surface area contributed by atoms with Gasteiger partial charge in [-0.15, -0.1) is 6.42 Å².